The highest BCUT2D eigenvalue weighted by molar-refractivity contribution is 6.33. The number of rotatable bonds is 4. The van der Waals surface area contributed by atoms with E-state index in [4.69, 9.17) is 21.1 Å². The number of aromatic hydroxyl groups is 2. The van der Waals surface area contributed by atoms with E-state index in [1.54, 1.807) is 17.1 Å². The number of amides is 1. The van der Waals surface area contributed by atoms with Crippen molar-refractivity contribution >= 4 is 29.2 Å². The van der Waals surface area contributed by atoms with Crippen molar-refractivity contribution in [3.05, 3.63) is 46.5 Å². The first-order chi connectivity index (χ1) is 16.4. The van der Waals surface area contributed by atoms with Gasteiger partial charge in [-0.05, 0) is 43.2 Å². The Labute approximate surface area is 204 Å². The lowest BCUT2D eigenvalue weighted by atomic mass is 9.99. The monoisotopic (exact) mass is 490 g/mol. The predicted molar refractivity (Wildman–Crippen MR) is 130 cm³/mol. The van der Waals surface area contributed by atoms with Gasteiger partial charge in [-0.25, -0.2) is 4.79 Å². The Morgan fingerprint density at radius 2 is 2.00 bits per heavy atom. The van der Waals surface area contributed by atoms with Crippen LogP contribution < -0.4 is 0 Å². The number of fused-ring (bicyclic) bond motifs is 1. The topological polar surface area (TPSA) is 109 Å². The van der Waals surface area contributed by atoms with Gasteiger partial charge in [0.15, 0.2) is 0 Å². The molecule has 1 amide bonds. The van der Waals surface area contributed by atoms with E-state index in [2.05, 4.69) is 4.99 Å². The largest absolute Gasteiger partial charge is 0.507 e. The maximum absolute atomic E-state index is 12.7. The number of hydrogen-bond acceptors (Lipinski definition) is 7. The van der Waals surface area contributed by atoms with Crippen LogP contribution in [-0.4, -0.2) is 65.7 Å². The van der Waals surface area contributed by atoms with Crippen LogP contribution >= 0.6 is 11.6 Å². The van der Waals surface area contributed by atoms with E-state index < -0.39 is 11.7 Å². The zero-order valence-corrected chi connectivity index (χ0v) is 20.1. The molecule has 34 heavy (non-hydrogen) atoms. The molecular formula is C25H31ClN2O6. The van der Waals surface area contributed by atoms with Crippen LogP contribution in [0.1, 0.15) is 48.5 Å². The first-order valence-electron chi connectivity index (χ1n) is 11.5. The summed E-state index contributed by atoms with van der Waals surface area (Å²) in [5.74, 6) is -1.38. The SMILES string of the molecule is CC1/C=C/COC(=O)c2c(O)cc(O)c(Cl)c2CC(=NCOCC(=O)N2CCCCC2)/C=C/C1. The number of likely N-dealkylation sites (tertiary alicyclic amines) is 1. The number of esters is 1. The predicted octanol–water partition coefficient (Wildman–Crippen LogP) is 4.03. The molecule has 0 spiro atoms. The maximum atomic E-state index is 12.7. The number of allylic oxidation sites excluding steroid dienone is 3. The van der Waals surface area contributed by atoms with Crippen LogP contribution in [0, 0.1) is 5.92 Å². The van der Waals surface area contributed by atoms with Gasteiger partial charge in [0.1, 0.15) is 37.0 Å². The number of halogens is 1. The van der Waals surface area contributed by atoms with Gasteiger partial charge in [-0.3, -0.25) is 9.79 Å². The van der Waals surface area contributed by atoms with Crippen LogP contribution in [0.15, 0.2) is 35.4 Å². The second kappa shape index (κ2) is 12.6. The molecule has 9 heteroatoms. The second-order valence-corrected chi connectivity index (χ2v) is 8.85. The Morgan fingerprint density at radius 1 is 1.24 bits per heavy atom. The molecule has 2 aliphatic rings. The molecule has 2 aliphatic heterocycles. The highest BCUT2D eigenvalue weighted by Crippen LogP contribution is 2.37. The number of hydrogen-bond donors (Lipinski definition) is 2. The van der Waals surface area contributed by atoms with Gasteiger partial charge in [0, 0.05) is 31.3 Å². The lowest BCUT2D eigenvalue weighted by Crippen LogP contribution is -2.38. The van der Waals surface area contributed by atoms with Gasteiger partial charge in [-0.15, -0.1) is 0 Å². The fraction of sp³-hybridized carbons (Fsp3) is 0.480. The van der Waals surface area contributed by atoms with E-state index in [1.165, 1.54) is 0 Å². The lowest BCUT2D eigenvalue weighted by Gasteiger charge is -2.26. The molecular weight excluding hydrogens is 460 g/mol. The molecule has 0 bridgehead atoms. The van der Waals surface area contributed by atoms with E-state index in [0.717, 1.165) is 44.8 Å². The molecule has 1 saturated heterocycles. The van der Waals surface area contributed by atoms with Crippen LogP contribution in [0.2, 0.25) is 5.02 Å². The number of phenols is 2. The van der Waals surface area contributed by atoms with Crippen LogP contribution in [0.25, 0.3) is 0 Å². The number of ether oxygens (including phenoxy) is 2. The van der Waals surface area contributed by atoms with E-state index in [1.807, 2.05) is 19.1 Å². The van der Waals surface area contributed by atoms with Gasteiger partial charge in [0.2, 0.25) is 5.91 Å². The molecule has 8 nitrogen and oxygen atoms in total. The fourth-order valence-electron chi connectivity index (χ4n) is 3.90. The van der Waals surface area contributed by atoms with Crippen LogP contribution in [0.4, 0.5) is 0 Å². The quantitative estimate of drug-likeness (QED) is 0.374. The van der Waals surface area contributed by atoms with E-state index in [0.29, 0.717) is 5.71 Å². The van der Waals surface area contributed by atoms with Gasteiger partial charge in [-0.1, -0.05) is 36.8 Å². The Morgan fingerprint density at radius 3 is 2.76 bits per heavy atom. The minimum Gasteiger partial charge on any atom is -0.507 e. The molecule has 0 aromatic heterocycles. The molecule has 0 aliphatic carbocycles. The zero-order valence-electron chi connectivity index (χ0n) is 19.3. The number of carbonyl (C=O) groups is 2. The maximum Gasteiger partial charge on any atom is 0.342 e. The normalized spacial score (nSPS) is 22.6. The minimum atomic E-state index is -0.752. The average Bonchev–Trinajstić information content (AvgIpc) is 2.83. The van der Waals surface area contributed by atoms with Crippen LogP contribution in [0.5, 0.6) is 11.5 Å². The molecule has 1 aromatic rings. The number of phenolic OH excluding ortho intramolecular Hbond substituents is 2. The summed E-state index contributed by atoms with van der Waals surface area (Å²) >= 11 is 6.31. The summed E-state index contributed by atoms with van der Waals surface area (Å²) in [5.41, 5.74) is 0.598. The van der Waals surface area contributed by atoms with Gasteiger partial charge in [0.25, 0.3) is 0 Å². The third kappa shape index (κ3) is 7.08. The number of nitrogens with zero attached hydrogens (tertiary/aromatic N) is 2. The highest BCUT2D eigenvalue weighted by Gasteiger charge is 2.24. The molecule has 3 rings (SSSR count). The summed E-state index contributed by atoms with van der Waals surface area (Å²) in [7, 11) is 0. The van der Waals surface area contributed by atoms with Gasteiger partial charge >= 0.3 is 5.97 Å². The van der Waals surface area contributed by atoms with Gasteiger partial charge < -0.3 is 24.6 Å². The summed E-state index contributed by atoms with van der Waals surface area (Å²) in [6.07, 6.45) is 11.4. The van der Waals surface area contributed by atoms with Crippen molar-refractivity contribution in [2.75, 3.05) is 33.0 Å². The van der Waals surface area contributed by atoms with Crippen molar-refractivity contribution in [3.63, 3.8) is 0 Å². The number of cyclic esters (lactones) is 1. The lowest BCUT2D eigenvalue weighted by molar-refractivity contribution is -0.136. The van der Waals surface area contributed by atoms with Gasteiger partial charge in [-0.2, -0.15) is 0 Å². The Kier molecular flexibility index (Phi) is 9.53. The number of benzene rings is 1. The molecule has 1 atom stereocenters. The van der Waals surface area contributed by atoms with E-state index >= 15 is 0 Å². The van der Waals surface area contributed by atoms with Crippen molar-refractivity contribution in [2.45, 2.75) is 39.0 Å². The summed E-state index contributed by atoms with van der Waals surface area (Å²) in [4.78, 5) is 31.2. The Balaban J connectivity index is 1.81. The Bertz CT molecular complexity index is 982. The van der Waals surface area contributed by atoms with Crippen molar-refractivity contribution in [1.29, 1.82) is 0 Å². The molecule has 1 fully saturated rings. The first-order valence-corrected chi connectivity index (χ1v) is 11.9. The molecule has 1 aromatic carbocycles. The van der Waals surface area contributed by atoms with Crippen molar-refractivity contribution in [3.8, 4) is 11.5 Å². The number of carbonyl (C=O) groups excluding carboxylic acids is 2. The molecule has 2 heterocycles. The van der Waals surface area contributed by atoms with Gasteiger partial charge in [0.05, 0.1) is 5.02 Å². The van der Waals surface area contributed by atoms with Crippen LogP contribution in [-0.2, 0) is 20.7 Å². The molecule has 0 saturated carbocycles. The third-order valence-electron chi connectivity index (χ3n) is 5.77. The summed E-state index contributed by atoms with van der Waals surface area (Å²) < 4.78 is 10.8. The standard InChI is InChI=1S/C25H31ClN2O6/c1-17-7-5-9-18(27-16-33-15-22(31)28-10-3-2-4-11-28)13-19-23(25(32)34-12-6-8-17)20(29)14-21(30)24(19)26/h5-6,8-9,14,17,29-30H,2-4,7,10-13,15-16H2,1H3/b8-6+,9-5+,27-18?. The third-order valence-corrected chi connectivity index (χ3v) is 6.19. The Hall–Kier alpha value is -2.84. The van der Waals surface area contributed by atoms with Crippen LogP contribution in [0.3, 0.4) is 0 Å². The number of aliphatic imine (C=N–C) groups is 1. The number of piperidine rings is 1. The fourth-order valence-corrected chi connectivity index (χ4v) is 4.12. The average molecular weight is 491 g/mol. The second-order valence-electron chi connectivity index (χ2n) is 8.47. The first kappa shape index (κ1) is 25.8. The summed E-state index contributed by atoms with van der Waals surface area (Å²) in [5, 5.41) is 20.4. The summed E-state index contributed by atoms with van der Waals surface area (Å²) in [6, 6.07) is 1.01. The summed E-state index contributed by atoms with van der Waals surface area (Å²) in [6.45, 7) is 3.47. The molecule has 0 radical (unpaired) electrons. The van der Waals surface area contributed by atoms with Crippen molar-refractivity contribution < 1.29 is 29.3 Å². The molecule has 2 N–H and O–H groups in total. The molecule has 1 unspecified atom stereocenters. The highest BCUT2D eigenvalue weighted by atomic mass is 35.5. The van der Waals surface area contributed by atoms with E-state index in [9.17, 15) is 19.8 Å². The minimum absolute atomic E-state index is 0.0457. The molecule has 184 valence electrons. The smallest absolute Gasteiger partial charge is 0.342 e. The zero-order chi connectivity index (χ0) is 24.5. The van der Waals surface area contributed by atoms with E-state index in [-0.39, 0.29) is 60.1 Å². The van der Waals surface area contributed by atoms with Crippen molar-refractivity contribution in [2.24, 2.45) is 10.9 Å². The van der Waals surface area contributed by atoms with Crippen molar-refractivity contribution in [1.82, 2.24) is 4.90 Å².